The lowest BCUT2D eigenvalue weighted by Gasteiger charge is -2.24. The van der Waals surface area contributed by atoms with E-state index in [9.17, 15) is 9.59 Å². The van der Waals surface area contributed by atoms with Gasteiger partial charge in [0.15, 0.2) is 0 Å². The van der Waals surface area contributed by atoms with Crippen LogP contribution in [-0.4, -0.2) is 52.8 Å². The fourth-order valence-corrected chi connectivity index (χ4v) is 4.32. The van der Waals surface area contributed by atoms with Crippen molar-refractivity contribution in [1.82, 2.24) is 14.8 Å². The van der Waals surface area contributed by atoms with Gasteiger partial charge in [0, 0.05) is 38.6 Å². The summed E-state index contributed by atoms with van der Waals surface area (Å²) in [6.07, 6.45) is 4.36. The van der Waals surface area contributed by atoms with Crippen LogP contribution in [0.3, 0.4) is 0 Å². The lowest BCUT2D eigenvalue weighted by Crippen LogP contribution is -2.38. The van der Waals surface area contributed by atoms with Gasteiger partial charge in [-0.25, -0.2) is 0 Å². The monoisotopic (exact) mass is 427 g/mol. The van der Waals surface area contributed by atoms with E-state index in [1.807, 2.05) is 53.1 Å². The number of hydrogen-bond acceptors (Lipinski definition) is 3. The number of rotatable bonds is 6. The molecule has 1 fully saturated rings. The first-order valence-corrected chi connectivity index (χ1v) is 11.2. The number of aromatic nitrogens is 1. The average Bonchev–Trinajstić information content (AvgIpc) is 2.99. The molecule has 1 aromatic heterocycles. The molecule has 0 bridgehead atoms. The molecule has 2 aromatic carbocycles. The van der Waals surface area contributed by atoms with E-state index in [-0.39, 0.29) is 17.7 Å². The van der Waals surface area contributed by atoms with Crippen LogP contribution in [0.2, 0.25) is 0 Å². The molecule has 1 saturated heterocycles. The van der Waals surface area contributed by atoms with Crippen molar-refractivity contribution in [1.29, 1.82) is 0 Å². The van der Waals surface area contributed by atoms with Crippen molar-refractivity contribution < 1.29 is 9.59 Å². The first-order chi connectivity index (χ1) is 15.6. The smallest absolute Gasteiger partial charge is 0.227 e. The van der Waals surface area contributed by atoms with Crippen LogP contribution in [0, 0.1) is 5.92 Å². The third-order valence-corrected chi connectivity index (χ3v) is 6.07. The van der Waals surface area contributed by atoms with Crippen molar-refractivity contribution in [3.63, 3.8) is 0 Å². The molecule has 1 aliphatic rings. The summed E-state index contributed by atoms with van der Waals surface area (Å²) < 4.78 is 0. The Labute approximate surface area is 189 Å². The van der Waals surface area contributed by atoms with Gasteiger partial charge in [-0.1, -0.05) is 60.7 Å². The van der Waals surface area contributed by atoms with Crippen LogP contribution in [0.1, 0.15) is 18.1 Å². The van der Waals surface area contributed by atoms with E-state index in [0.29, 0.717) is 39.0 Å². The van der Waals surface area contributed by atoms with E-state index in [4.69, 9.17) is 0 Å². The molecule has 0 radical (unpaired) electrons. The van der Waals surface area contributed by atoms with Gasteiger partial charge in [-0.2, -0.15) is 0 Å². The summed E-state index contributed by atoms with van der Waals surface area (Å²) in [6.45, 7) is 4.25. The van der Waals surface area contributed by atoms with E-state index < -0.39 is 0 Å². The molecule has 164 valence electrons. The first kappa shape index (κ1) is 21.8. The average molecular weight is 428 g/mol. The van der Waals surface area contributed by atoms with E-state index >= 15 is 0 Å². The summed E-state index contributed by atoms with van der Waals surface area (Å²) >= 11 is 0. The quantitative estimate of drug-likeness (QED) is 0.601. The molecule has 0 saturated carbocycles. The number of benzene rings is 2. The molecule has 2 amide bonds. The molecule has 32 heavy (non-hydrogen) atoms. The number of amides is 2. The topological polar surface area (TPSA) is 53.5 Å². The lowest BCUT2D eigenvalue weighted by atomic mass is 9.94. The fraction of sp³-hybridized carbons (Fsp3) is 0.296. The van der Waals surface area contributed by atoms with Gasteiger partial charge in [0.05, 0.1) is 12.3 Å². The van der Waals surface area contributed by atoms with Crippen LogP contribution in [0.15, 0.2) is 79.1 Å². The molecule has 5 nitrogen and oxygen atoms in total. The van der Waals surface area contributed by atoms with Gasteiger partial charge in [0.1, 0.15) is 0 Å². The van der Waals surface area contributed by atoms with Crippen molar-refractivity contribution in [3.8, 4) is 11.1 Å². The Balaban J connectivity index is 1.53. The molecule has 1 aliphatic heterocycles. The third-order valence-electron chi connectivity index (χ3n) is 6.07. The second kappa shape index (κ2) is 10.2. The molecule has 4 rings (SSSR count). The summed E-state index contributed by atoms with van der Waals surface area (Å²) in [5, 5.41) is 0. The zero-order chi connectivity index (χ0) is 22.3. The van der Waals surface area contributed by atoms with Crippen molar-refractivity contribution in [3.05, 3.63) is 90.3 Å². The van der Waals surface area contributed by atoms with Crippen LogP contribution in [0.25, 0.3) is 11.1 Å². The van der Waals surface area contributed by atoms with Gasteiger partial charge in [-0.05, 0) is 41.7 Å². The summed E-state index contributed by atoms with van der Waals surface area (Å²) in [7, 11) is 0. The van der Waals surface area contributed by atoms with Crippen LogP contribution < -0.4 is 0 Å². The van der Waals surface area contributed by atoms with Gasteiger partial charge >= 0.3 is 0 Å². The summed E-state index contributed by atoms with van der Waals surface area (Å²) in [4.78, 5) is 34.1. The predicted octanol–water partition coefficient (Wildman–Crippen LogP) is 3.84. The highest BCUT2D eigenvalue weighted by atomic mass is 16.2. The highest BCUT2D eigenvalue weighted by molar-refractivity contribution is 5.83. The Morgan fingerprint density at radius 2 is 1.75 bits per heavy atom. The summed E-state index contributed by atoms with van der Waals surface area (Å²) in [5.41, 5.74) is 4.31. The second-order valence-corrected chi connectivity index (χ2v) is 8.26. The summed E-state index contributed by atoms with van der Waals surface area (Å²) in [6, 6.07) is 22.4. The molecule has 0 spiro atoms. The maximum atomic E-state index is 13.2. The molecule has 1 unspecified atom stereocenters. The zero-order valence-electron chi connectivity index (χ0n) is 18.5. The molecule has 3 aromatic rings. The Kier molecular flexibility index (Phi) is 6.95. The molecular formula is C27H29N3O2. The van der Waals surface area contributed by atoms with Crippen molar-refractivity contribution >= 4 is 11.8 Å². The maximum absolute atomic E-state index is 13.2. The molecule has 5 heteroatoms. The van der Waals surface area contributed by atoms with Crippen LogP contribution in [-0.2, 0) is 22.4 Å². The Hall–Kier alpha value is -3.47. The first-order valence-electron chi connectivity index (χ1n) is 11.2. The lowest BCUT2D eigenvalue weighted by molar-refractivity contribution is -0.134. The van der Waals surface area contributed by atoms with Crippen LogP contribution in [0.4, 0.5) is 0 Å². The minimum Gasteiger partial charge on any atom is -0.341 e. The van der Waals surface area contributed by atoms with E-state index in [2.05, 4.69) is 35.3 Å². The normalized spacial score (nSPS) is 16.7. The standard InChI is InChI=1S/C27H29N3O2/c1-2-29-14-15-30(26(31)18-22-9-7-13-28-19-22)20-25(27(29)32)17-21-8-6-12-24(16-21)23-10-4-3-5-11-23/h3-13,16,19,25H,2,14-15,17-18,20H2,1H3. The molecular weight excluding hydrogens is 398 g/mol. The maximum Gasteiger partial charge on any atom is 0.227 e. The number of nitrogens with zero attached hydrogens (tertiary/aromatic N) is 3. The molecule has 2 heterocycles. The number of hydrogen-bond donors (Lipinski definition) is 0. The highest BCUT2D eigenvalue weighted by Crippen LogP contribution is 2.23. The molecule has 1 atom stereocenters. The summed E-state index contributed by atoms with van der Waals surface area (Å²) in [5.74, 6) is -0.0672. The van der Waals surface area contributed by atoms with Crippen molar-refractivity contribution in [2.45, 2.75) is 19.8 Å². The minimum atomic E-state index is -0.249. The number of carbonyl (C=O) groups is 2. The Morgan fingerprint density at radius 3 is 2.50 bits per heavy atom. The van der Waals surface area contributed by atoms with Gasteiger partial charge in [-0.15, -0.1) is 0 Å². The third kappa shape index (κ3) is 5.22. The molecule has 0 aliphatic carbocycles. The van der Waals surface area contributed by atoms with Crippen LogP contribution >= 0.6 is 0 Å². The van der Waals surface area contributed by atoms with Gasteiger partial charge in [0.2, 0.25) is 11.8 Å². The van der Waals surface area contributed by atoms with Gasteiger partial charge in [0.25, 0.3) is 0 Å². The Morgan fingerprint density at radius 1 is 0.969 bits per heavy atom. The van der Waals surface area contributed by atoms with E-state index in [0.717, 1.165) is 22.3 Å². The predicted molar refractivity (Wildman–Crippen MR) is 126 cm³/mol. The van der Waals surface area contributed by atoms with Gasteiger partial charge < -0.3 is 9.80 Å². The number of pyridine rings is 1. The minimum absolute atomic E-state index is 0.0480. The number of likely N-dealkylation sites (N-methyl/N-ethyl adjacent to an activating group) is 1. The van der Waals surface area contributed by atoms with Crippen molar-refractivity contribution in [2.24, 2.45) is 5.92 Å². The largest absolute Gasteiger partial charge is 0.341 e. The van der Waals surface area contributed by atoms with Crippen LogP contribution in [0.5, 0.6) is 0 Å². The molecule has 0 N–H and O–H groups in total. The Bertz CT molecular complexity index is 1050. The van der Waals surface area contributed by atoms with E-state index in [1.54, 1.807) is 12.4 Å². The number of carbonyl (C=O) groups excluding carboxylic acids is 2. The van der Waals surface area contributed by atoms with E-state index in [1.165, 1.54) is 0 Å². The SMILES string of the molecule is CCN1CCN(C(=O)Cc2cccnc2)CC(Cc2cccc(-c3ccccc3)c2)C1=O. The van der Waals surface area contributed by atoms with Crippen molar-refractivity contribution in [2.75, 3.05) is 26.2 Å². The second-order valence-electron chi connectivity index (χ2n) is 8.26. The highest BCUT2D eigenvalue weighted by Gasteiger charge is 2.31. The fourth-order valence-electron chi connectivity index (χ4n) is 4.32. The van der Waals surface area contributed by atoms with Gasteiger partial charge in [-0.3, -0.25) is 14.6 Å². The zero-order valence-corrected chi connectivity index (χ0v) is 18.5.